The van der Waals surface area contributed by atoms with Crippen LogP contribution in [0.2, 0.25) is 0 Å². The molecule has 7 nitrogen and oxygen atoms in total. The van der Waals surface area contributed by atoms with Gasteiger partial charge in [0.2, 0.25) is 0 Å². The number of hydrogen-bond donors (Lipinski definition) is 0. The van der Waals surface area contributed by atoms with Gasteiger partial charge in [-0.3, -0.25) is 4.90 Å². The van der Waals surface area contributed by atoms with E-state index in [9.17, 15) is 9.59 Å². The van der Waals surface area contributed by atoms with Gasteiger partial charge in [-0.25, -0.2) is 9.59 Å². The van der Waals surface area contributed by atoms with Crippen molar-refractivity contribution >= 4 is 24.9 Å². The Labute approximate surface area is 201 Å². The van der Waals surface area contributed by atoms with Crippen molar-refractivity contribution in [3.63, 3.8) is 0 Å². The molecule has 2 aliphatic rings. The average Bonchev–Trinajstić information content (AvgIpc) is 3.22. The van der Waals surface area contributed by atoms with Crippen molar-refractivity contribution in [3.8, 4) is 0 Å². The molecule has 1 fully saturated rings. The smallest absolute Gasteiger partial charge is 0.461 e. The maximum absolute atomic E-state index is 13.4. The number of benzene rings is 2. The van der Waals surface area contributed by atoms with Gasteiger partial charge in [-0.1, -0.05) is 48.5 Å². The van der Waals surface area contributed by atoms with Crippen molar-refractivity contribution in [3.05, 3.63) is 65.7 Å². The number of ether oxygens (including phenoxy) is 2. The molecule has 34 heavy (non-hydrogen) atoms. The van der Waals surface area contributed by atoms with Gasteiger partial charge < -0.3 is 18.8 Å². The minimum Gasteiger partial charge on any atom is -0.461 e. The van der Waals surface area contributed by atoms with Crippen LogP contribution in [0.1, 0.15) is 58.5 Å². The van der Waals surface area contributed by atoms with Crippen LogP contribution in [-0.2, 0) is 30.2 Å². The molecule has 0 N–H and O–H groups in total. The summed E-state index contributed by atoms with van der Waals surface area (Å²) >= 11 is 0. The predicted octanol–water partition coefficient (Wildman–Crippen LogP) is 4.88. The molecule has 0 radical (unpaired) electrons. The highest BCUT2D eigenvalue weighted by Crippen LogP contribution is 2.49. The Bertz CT molecular complexity index is 1040. The zero-order chi connectivity index (χ0) is 24.7. The summed E-state index contributed by atoms with van der Waals surface area (Å²) in [5, 5.41) is 0. The highest BCUT2D eigenvalue weighted by atomic mass is 16.7. The molecule has 1 saturated heterocycles. The number of para-hydroxylation sites is 1. The minimum atomic E-state index is -0.988. The number of carbonyl (C=O) groups is 2. The monoisotopic (exact) mass is 465 g/mol. The Morgan fingerprint density at radius 1 is 0.971 bits per heavy atom. The van der Waals surface area contributed by atoms with Gasteiger partial charge in [0, 0.05) is 0 Å². The lowest BCUT2D eigenvalue weighted by Crippen LogP contribution is -2.50. The summed E-state index contributed by atoms with van der Waals surface area (Å²) in [5.41, 5.74) is 1.03. The van der Waals surface area contributed by atoms with Gasteiger partial charge >= 0.3 is 19.2 Å². The Morgan fingerprint density at radius 3 is 2.18 bits per heavy atom. The van der Waals surface area contributed by atoms with E-state index in [1.54, 1.807) is 19.9 Å². The molecule has 1 amide bonds. The molecular weight excluding hydrogens is 433 g/mol. The van der Waals surface area contributed by atoms with E-state index in [1.807, 2.05) is 76.2 Å². The van der Waals surface area contributed by atoms with Crippen LogP contribution in [0, 0.1) is 0 Å². The van der Waals surface area contributed by atoms with Crippen LogP contribution in [0.15, 0.2) is 54.6 Å². The number of nitrogens with zero attached hydrogens (tertiary/aromatic N) is 1. The fourth-order valence-corrected chi connectivity index (χ4v) is 4.35. The maximum Gasteiger partial charge on any atom is 0.468 e. The highest BCUT2D eigenvalue weighted by Gasteiger charge is 2.61. The zero-order valence-corrected chi connectivity index (χ0v) is 20.6. The standard InChI is InChI=1S/C26H32BNO6/c1-17(2)32-23(29)22-21(27-33-25(3,4)26(5,6)34-27)19-14-10-11-15-20(19)28(22)24(30)31-16-18-12-8-7-9-13-18/h7-15,17,21-22H,16H2,1-6H3/t21-,22?/m0/s1. The zero-order valence-electron chi connectivity index (χ0n) is 20.6. The van der Waals surface area contributed by atoms with E-state index in [-0.39, 0.29) is 12.7 Å². The van der Waals surface area contributed by atoms with E-state index in [4.69, 9.17) is 18.8 Å². The first-order valence-electron chi connectivity index (χ1n) is 11.7. The Kier molecular flexibility index (Phi) is 6.49. The highest BCUT2D eigenvalue weighted by molar-refractivity contribution is 6.49. The van der Waals surface area contributed by atoms with Crippen molar-refractivity contribution in [2.45, 2.75) is 77.3 Å². The maximum atomic E-state index is 13.4. The number of anilines is 1. The Balaban J connectivity index is 1.71. The summed E-state index contributed by atoms with van der Waals surface area (Å²) < 4.78 is 23.9. The number of fused-ring (bicyclic) bond motifs is 1. The third-order valence-electron chi connectivity index (χ3n) is 6.73. The average molecular weight is 465 g/mol. The van der Waals surface area contributed by atoms with Gasteiger partial charge in [-0.15, -0.1) is 0 Å². The summed E-state index contributed by atoms with van der Waals surface area (Å²) in [7, 11) is -0.747. The van der Waals surface area contributed by atoms with Crippen LogP contribution in [0.3, 0.4) is 0 Å². The van der Waals surface area contributed by atoms with Gasteiger partial charge in [0.15, 0.2) is 0 Å². The molecule has 0 aliphatic carbocycles. The van der Waals surface area contributed by atoms with Crippen molar-refractivity contribution < 1.29 is 28.4 Å². The van der Waals surface area contributed by atoms with Gasteiger partial charge in [0.25, 0.3) is 0 Å². The molecule has 2 heterocycles. The molecule has 2 atom stereocenters. The third kappa shape index (κ3) is 4.44. The number of carbonyl (C=O) groups excluding carboxylic acids is 2. The lowest BCUT2D eigenvalue weighted by molar-refractivity contribution is -0.149. The van der Waals surface area contributed by atoms with Crippen LogP contribution in [0.25, 0.3) is 0 Å². The molecule has 0 spiro atoms. The molecule has 2 aromatic carbocycles. The van der Waals surface area contributed by atoms with Crippen LogP contribution in [0.4, 0.5) is 10.5 Å². The Hall–Kier alpha value is -2.84. The summed E-state index contributed by atoms with van der Waals surface area (Å²) in [6.07, 6.45) is -0.974. The van der Waals surface area contributed by atoms with E-state index in [0.717, 1.165) is 11.1 Å². The van der Waals surface area contributed by atoms with E-state index in [2.05, 4.69) is 0 Å². The fourth-order valence-electron chi connectivity index (χ4n) is 4.35. The fraction of sp³-hybridized carbons (Fsp3) is 0.462. The number of esters is 1. The molecule has 0 bridgehead atoms. The van der Waals surface area contributed by atoms with Crippen molar-refractivity contribution in [1.82, 2.24) is 0 Å². The van der Waals surface area contributed by atoms with E-state index in [1.165, 1.54) is 4.90 Å². The van der Waals surface area contributed by atoms with Crippen LogP contribution in [0.5, 0.6) is 0 Å². The van der Waals surface area contributed by atoms with Gasteiger partial charge in [-0.05, 0) is 58.7 Å². The molecule has 4 rings (SSSR count). The van der Waals surface area contributed by atoms with Crippen molar-refractivity contribution in [1.29, 1.82) is 0 Å². The van der Waals surface area contributed by atoms with Gasteiger partial charge in [0.1, 0.15) is 12.6 Å². The number of hydrogen-bond acceptors (Lipinski definition) is 6. The second-order valence-corrected chi connectivity index (χ2v) is 10.0. The van der Waals surface area contributed by atoms with E-state index >= 15 is 0 Å². The van der Waals surface area contributed by atoms with Crippen LogP contribution in [-0.4, -0.2) is 42.5 Å². The second-order valence-electron chi connectivity index (χ2n) is 10.0. The lowest BCUT2D eigenvalue weighted by Gasteiger charge is -2.32. The van der Waals surface area contributed by atoms with Gasteiger partial charge in [0.05, 0.1) is 28.8 Å². The third-order valence-corrected chi connectivity index (χ3v) is 6.73. The van der Waals surface area contributed by atoms with E-state index < -0.39 is 42.2 Å². The molecular formula is C26H32BNO6. The molecule has 8 heteroatoms. The second kappa shape index (κ2) is 9.08. The molecule has 2 aromatic rings. The summed E-state index contributed by atoms with van der Waals surface area (Å²) in [4.78, 5) is 28.2. The quantitative estimate of drug-likeness (QED) is 0.463. The predicted molar refractivity (Wildman–Crippen MR) is 129 cm³/mol. The number of rotatable bonds is 5. The van der Waals surface area contributed by atoms with Crippen LogP contribution >= 0.6 is 0 Å². The first kappa shape index (κ1) is 24.3. The van der Waals surface area contributed by atoms with Crippen molar-refractivity contribution in [2.75, 3.05) is 4.90 Å². The first-order chi connectivity index (χ1) is 16.0. The van der Waals surface area contributed by atoms with Crippen molar-refractivity contribution in [2.24, 2.45) is 0 Å². The summed E-state index contributed by atoms with van der Waals surface area (Å²) in [6.45, 7) is 11.5. The largest absolute Gasteiger partial charge is 0.468 e. The minimum absolute atomic E-state index is 0.0887. The lowest BCUT2D eigenvalue weighted by atomic mass is 9.65. The Morgan fingerprint density at radius 2 is 1.56 bits per heavy atom. The summed E-state index contributed by atoms with van der Waals surface area (Å²) in [5.74, 6) is -1.10. The SMILES string of the molecule is CC(C)OC(=O)C1[C@@H](B2OC(C)(C)C(C)(C)O2)c2ccccc2N1C(=O)OCc1ccccc1. The molecule has 1 unspecified atom stereocenters. The van der Waals surface area contributed by atoms with Crippen LogP contribution < -0.4 is 4.90 Å². The topological polar surface area (TPSA) is 74.3 Å². The van der Waals surface area contributed by atoms with E-state index in [0.29, 0.717) is 5.69 Å². The first-order valence-corrected chi connectivity index (χ1v) is 11.7. The molecule has 2 aliphatic heterocycles. The normalized spacial score (nSPS) is 22.6. The molecule has 180 valence electrons. The molecule has 0 saturated carbocycles. The summed E-state index contributed by atoms with van der Waals surface area (Å²) in [6, 6.07) is 15.8. The number of amides is 1. The molecule has 0 aromatic heterocycles. The van der Waals surface area contributed by atoms with Gasteiger partial charge in [-0.2, -0.15) is 0 Å².